The van der Waals surface area contributed by atoms with Crippen LogP contribution in [0.15, 0.2) is 36.5 Å². The Balaban J connectivity index is 1.65. The minimum atomic E-state index is -0.818. The van der Waals surface area contributed by atoms with Gasteiger partial charge < -0.3 is 10.0 Å². The van der Waals surface area contributed by atoms with Crippen molar-refractivity contribution in [3.05, 3.63) is 47.4 Å². The van der Waals surface area contributed by atoms with Crippen LogP contribution in [-0.4, -0.2) is 28.0 Å². The van der Waals surface area contributed by atoms with Gasteiger partial charge in [0.25, 0.3) is 0 Å². The van der Waals surface area contributed by atoms with Gasteiger partial charge in [0.2, 0.25) is 0 Å². The van der Waals surface area contributed by atoms with Gasteiger partial charge in [-0.25, -0.2) is 9.07 Å². The van der Waals surface area contributed by atoms with Crippen LogP contribution in [0.4, 0.5) is 10.1 Å². The first-order valence-corrected chi connectivity index (χ1v) is 9.14. The Morgan fingerprint density at radius 2 is 1.73 bits per heavy atom. The van der Waals surface area contributed by atoms with E-state index in [4.69, 9.17) is 11.6 Å². The Kier molecular flexibility index (Phi) is 4.07. The van der Waals surface area contributed by atoms with E-state index >= 15 is 0 Å². The van der Waals surface area contributed by atoms with Crippen LogP contribution in [-0.2, 0) is 0 Å². The number of benzene rings is 2. The van der Waals surface area contributed by atoms with Crippen LogP contribution in [0, 0.1) is 11.2 Å². The van der Waals surface area contributed by atoms with Gasteiger partial charge in [0.05, 0.1) is 22.4 Å². The lowest BCUT2D eigenvalue weighted by Gasteiger charge is -2.38. The second kappa shape index (κ2) is 6.16. The van der Waals surface area contributed by atoms with E-state index in [0.29, 0.717) is 16.3 Å². The van der Waals surface area contributed by atoms with E-state index in [1.807, 2.05) is 12.1 Å². The van der Waals surface area contributed by atoms with E-state index in [0.717, 1.165) is 18.8 Å². The first-order chi connectivity index (χ1) is 12.4. The Bertz CT molecular complexity index is 955. The van der Waals surface area contributed by atoms with E-state index in [1.165, 1.54) is 30.8 Å². The number of piperidine rings is 1. The standard InChI is InChI=1S/C20H21ClFN3O/c1-20(2)7-9-24(10-8-20)13-3-5-14(6-4-13)25-16-11-17(26)19(22)18(21)15(16)12-23-25/h3-6,11-12,26H,7-10H2,1-2H3. The lowest BCUT2D eigenvalue weighted by Crippen LogP contribution is -2.37. The normalized spacial score (nSPS) is 17.0. The predicted molar refractivity (Wildman–Crippen MR) is 103 cm³/mol. The third-order valence-corrected chi connectivity index (χ3v) is 5.68. The number of nitrogens with zero attached hydrogens (tertiary/aromatic N) is 3. The third-order valence-electron chi connectivity index (χ3n) is 5.31. The molecule has 0 unspecified atom stereocenters. The zero-order valence-electron chi connectivity index (χ0n) is 14.8. The molecule has 0 spiro atoms. The molecule has 6 heteroatoms. The summed E-state index contributed by atoms with van der Waals surface area (Å²) in [5.41, 5.74) is 3.01. The highest BCUT2D eigenvalue weighted by atomic mass is 35.5. The quantitative estimate of drug-likeness (QED) is 0.675. The molecule has 136 valence electrons. The maximum atomic E-state index is 13.8. The summed E-state index contributed by atoms with van der Waals surface area (Å²) in [5.74, 6) is -1.29. The number of hydrogen-bond acceptors (Lipinski definition) is 3. The molecule has 0 bridgehead atoms. The Morgan fingerprint density at radius 1 is 1.12 bits per heavy atom. The highest BCUT2D eigenvalue weighted by Crippen LogP contribution is 2.35. The second-order valence-electron chi connectivity index (χ2n) is 7.68. The lowest BCUT2D eigenvalue weighted by molar-refractivity contribution is 0.280. The first-order valence-electron chi connectivity index (χ1n) is 8.76. The largest absolute Gasteiger partial charge is 0.505 e. The van der Waals surface area contributed by atoms with Gasteiger partial charge >= 0.3 is 0 Å². The zero-order valence-corrected chi connectivity index (χ0v) is 15.6. The van der Waals surface area contributed by atoms with Gasteiger partial charge in [-0.15, -0.1) is 0 Å². The molecule has 0 amide bonds. The summed E-state index contributed by atoms with van der Waals surface area (Å²) >= 11 is 5.99. The number of rotatable bonds is 2. The lowest BCUT2D eigenvalue weighted by atomic mass is 9.82. The molecule has 0 aliphatic carbocycles. The summed E-state index contributed by atoms with van der Waals surface area (Å²) in [7, 11) is 0. The fraction of sp³-hybridized carbons (Fsp3) is 0.350. The van der Waals surface area contributed by atoms with Crippen LogP contribution < -0.4 is 4.90 Å². The molecule has 4 nitrogen and oxygen atoms in total. The van der Waals surface area contributed by atoms with Crippen LogP contribution in [0.3, 0.4) is 0 Å². The molecule has 0 atom stereocenters. The van der Waals surface area contributed by atoms with Crippen LogP contribution >= 0.6 is 11.6 Å². The van der Waals surface area contributed by atoms with Crippen LogP contribution in [0.5, 0.6) is 5.75 Å². The zero-order chi connectivity index (χ0) is 18.5. The third kappa shape index (κ3) is 2.90. The number of fused-ring (bicyclic) bond motifs is 1. The Morgan fingerprint density at radius 3 is 2.38 bits per heavy atom. The minimum Gasteiger partial charge on any atom is -0.505 e. The molecule has 26 heavy (non-hydrogen) atoms. The number of phenolic OH excluding ortho intramolecular Hbond substituents is 1. The van der Waals surface area contributed by atoms with Crippen molar-refractivity contribution in [1.82, 2.24) is 9.78 Å². The van der Waals surface area contributed by atoms with Crippen molar-refractivity contribution in [2.24, 2.45) is 5.41 Å². The number of aromatic nitrogens is 2. The van der Waals surface area contributed by atoms with Crippen molar-refractivity contribution in [3.8, 4) is 11.4 Å². The monoisotopic (exact) mass is 373 g/mol. The van der Waals surface area contributed by atoms with Gasteiger partial charge in [0.1, 0.15) is 0 Å². The molecule has 1 fully saturated rings. The van der Waals surface area contributed by atoms with E-state index in [1.54, 1.807) is 4.68 Å². The number of halogens is 2. The first kappa shape index (κ1) is 17.2. The van der Waals surface area contributed by atoms with Crippen molar-refractivity contribution < 1.29 is 9.50 Å². The van der Waals surface area contributed by atoms with Crippen molar-refractivity contribution in [1.29, 1.82) is 0 Å². The summed E-state index contributed by atoms with van der Waals surface area (Å²) < 4.78 is 15.4. The number of phenols is 1. The van der Waals surface area contributed by atoms with E-state index < -0.39 is 11.6 Å². The van der Waals surface area contributed by atoms with E-state index in [2.05, 4.69) is 36.0 Å². The maximum Gasteiger partial charge on any atom is 0.184 e. The maximum absolute atomic E-state index is 13.8. The van der Waals surface area contributed by atoms with Gasteiger partial charge in [-0.1, -0.05) is 25.4 Å². The smallest absolute Gasteiger partial charge is 0.184 e. The number of aromatic hydroxyl groups is 1. The molecule has 2 heterocycles. The molecule has 1 aromatic heterocycles. The molecule has 0 radical (unpaired) electrons. The molecular weight excluding hydrogens is 353 g/mol. The summed E-state index contributed by atoms with van der Waals surface area (Å²) in [6.07, 6.45) is 3.88. The molecule has 4 rings (SSSR count). The van der Waals surface area contributed by atoms with Gasteiger partial charge in [-0.2, -0.15) is 5.10 Å². The number of anilines is 1. The van der Waals surface area contributed by atoms with Crippen molar-refractivity contribution in [3.63, 3.8) is 0 Å². The van der Waals surface area contributed by atoms with E-state index in [9.17, 15) is 9.50 Å². The molecule has 1 saturated heterocycles. The molecule has 1 N–H and O–H groups in total. The molecule has 2 aromatic carbocycles. The van der Waals surface area contributed by atoms with Crippen LogP contribution in [0.25, 0.3) is 16.6 Å². The molecule has 3 aromatic rings. The summed E-state index contributed by atoms with van der Waals surface area (Å²) in [6.45, 7) is 6.75. The summed E-state index contributed by atoms with van der Waals surface area (Å²) in [6, 6.07) is 9.47. The van der Waals surface area contributed by atoms with Gasteiger partial charge in [0.15, 0.2) is 11.6 Å². The van der Waals surface area contributed by atoms with Gasteiger partial charge in [0, 0.05) is 30.2 Å². The Hall–Kier alpha value is -2.27. The molecule has 0 saturated carbocycles. The minimum absolute atomic E-state index is 0.112. The fourth-order valence-corrected chi connectivity index (χ4v) is 3.71. The highest BCUT2D eigenvalue weighted by Gasteiger charge is 2.25. The summed E-state index contributed by atoms with van der Waals surface area (Å²) in [5, 5.41) is 14.4. The Labute approximate surface area is 156 Å². The molecular formula is C20H21ClFN3O. The van der Waals surface area contributed by atoms with Gasteiger partial charge in [-0.05, 0) is 42.5 Å². The highest BCUT2D eigenvalue weighted by molar-refractivity contribution is 6.35. The average molecular weight is 374 g/mol. The van der Waals surface area contributed by atoms with Crippen molar-refractivity contribution >= 4 is 28.2 Å². The summed E-state index contributed by atoms with van der Waals surface area (Å²) in [4.78, 5) is 2.40. The van der Waals surface area contributed by atoms with Crippen molar-refractivity contribution in [2.75, 3.05) is 18.0 Å². The predicted octanol–water partition coefficient (Wildman–Crippen LogP) is 5.15. The number of hydrogen-bond donors (Lipinski definition) is 1. The van der Waals surface area contributed by atoms with Crippen molar-refractivity contribution in [2.45, 2.75) is 26.7 Å². The van der Waals surface area contributed by atoms with E-state index in [-0.39, 0.29) is 5.02 Å². The van der Waals surface area contributed by atoms with Crippen LogP contribution in [0.2, 0.25) is 5.02 Å². The second-order valence-corrected chi connectivity index (χ2v) is 8.06. The SMILES string of the molecule is CC1(C)CCN(c2ccc(-n3ncc4c(Cl)c(F)c(O)cc43)cc2)CC1. The fourth-order valence-electron chi connectivity index (χ4n) is 3.47. The molecule has 1 aliphatic heterocycles. The van der Waals surface area contributed by atoms with Gasteiger partial charge in [-0.3, -0.25) is 0 Å². The average Bonchev–Trinajstić information content (AvgIpc) is 3.04. The molecule has 1 aliphatic rings. The van der Waals surface area contributed by atoms with Crippen LogP contribution in [0.1, 0.15) is 26.7 Å². The topological polar surface area (TPSA) is 41.3 Å².